The summed E-state index contributed by atoms with van der Waals surface area (Å²) in [6, 6.07) is 15.6. The molecule has 1 atom stereocenters. The summed E-state index contributed by atoms with van der Waals surface area (Å²) in [6.07, 6.45) is 6.95. The number of carbonyl (C=O) groups excluding carboxylic acids is 1. The molecule has 3 aromatic rings. The predicted molar refractivity (Wildman–Crippen MR) is 133 cm³/mol. The highest BCUT2D eigenvalue weighted by atomic mass is 35.5. The molecule has 4 rings (SSSR count). The number of allylic oxidation sites excluding steroid dienone is 1. The maximum Gasteiger partial charge on any atom is 0.304 e. The number of halogens is 1. The zero-order chi connectivity index (χ0) is 22.3. The number of rotatable bonds is 9. The quantitative estimate of drug-likeness (QED) is 0.347. The van der Waals surface area contributed by atoms with Crippen molar-refractivity contribution in [2.45, 2.75) is 25.2 Å². The lowest BCUT2D eigenvalue weighted by Crippen LogP contribution is -2.25. The van der Waals surface area contributed by atoms with Crippen molar-refractivity contribution in [2.24, 2.45) is 0 Å². The minimum Gasteiger partial charge on any atom is -0.481 e. The number of para-hydroxylation sites is 2. The minimum atomic E-state index is -0.844. The Morgan fingerprint density at radius 2 is 1.85 bits per heavy atom. The average molecular weight is 467 g/mol. The summed E-state index contributed by atoms with van der Waals surface area (Å²) in [7, 11) is 0. The van der Waals surface area contributed by atoms with Crippen molar-refractivity contribution in [1.82, 2.24) is 15.3 Å². The van der Waals surface area contributed by atoms with E-state index in [1.807, 2.05) is 66.8 Å². The Kier molecular flexibility index (Phi) is 8.27. The van der Waals surface area contributed by atoms with Gasteiger partial charge in [0, 0.05) is 25.4 Å². The van der Waals surface area contributed by atoms with Crippen LogP contribution in [0.4, 0.5) is 5.95 Å². The molecule has 4 N–H and O–H groups in total. The third-order valence-corrected chi connectivity index (χ3v) is 5.43. The molecule has 0 aliphatic heterocycles. The molecule has 33 heavy (non-hydrogen) atoms. The standard InChI is InChI=1S/C25H26N4O3.ClH/c30-23(10-5-13-26-25-28-21-8-3-4-9-22(21)29-25)27-16-17-11-12-18-6-1-2-7-20(18)19(14-17)15-24(31)32;/h1-4,6-9,11-12,14,19H,5,10,13,15-16H2,(H,27,30)(H,31,32)(H2,26,28,29);1H. The van der Waals surface area contributed by atoms with Gasteiger partial charge in [0.15, 0.2) is 0 Å². The second kappa shape index (κ2) is 11.3. The number of nitrogens with one attached hydrogen (secondary N) is 3. The number of fused-ring (bicyclic) bond motifs is 2. The highest BCUT2D eigenvalue weighted by Gasteiger charge is 2.18. The molecule has 2 aromatic carbocycles. The van der Waals surface area contributed by atoms with Crippen LogP contribution in [0.3, 0.4) is 0 Å². The Morgan fingerprint density at radius 1 is 1.06 bits per heavy atom. The van der Waals surface area contributed by atoms with Crippen molar-refractivity contribution in [2.75, 3.05) is 18.4 Å². The lowest BCUT2D eigenvalue weighted by molar-refractivity contribution is -0.137. The van der Waals surface area contributed by atoms with Crippen LogP contribution in [0.25, 0.3) is 17.1 Å². The zero-order valence-corrected chi connectivity index (χ0v) is 18.9. The fourth-order valence-electron chi connectivity index (χ4n) is 3.86. The molecule has 0 spiro atoms. The Balaban J connectivity index is 0.00000306. The Hall–Kier alpha value is -3.58. The summed E-state index contributed by atoms with van der Waals surface area (Å²) >= 11 is 0. The normalized spacial score (nSPS) is 14.5. The van der Waals surface area contributed by atoms with E-state index in [1.54, 1.807) is 0 Å². The van der Waals surface area contributed by atoms with Gasteiger partial charge in [-0.2, -0.15) is 0 Å². The van der Waals surface area contributed by atoms with Crippen molar-refractivity contribution >= 4 is 47.3 Å². The summed E-state index contributed by atoms with van der Waals surface area (Å²) in [4.78, 5) is 31.3. The third-order valence-electron chi connectivity index (χ3n) is 5.43. The van der Waals surface area contributed by atoms with Gasteiger partial charge in [-0.05, 0) is 35.3 Å². The molecule has 1 aliphatic carbocycles. The van der Waals surface area contributed by atoms with Gasteiger partial charge in [-0.1, -0.05) is 54.6 Å². The Bertz CT molecular complexity index is 1150. The van der Waals surface area contributed by atoms with Gasteiger partial charge in [-0.15, -0.1) is 12.4 Å². The molecule has 7 nitrogen and oxygen atoms in total. The maximum atomic E-state index is 12.3. The van der Waals surface area contributed by atoms with Gasteiger partial charge in [0.1, 0.15) is 0 Å². The van der Waals surface area contributed by atoms with Crippen LogP contribution in [0.15, 0.2) is 66.3 Å². The van der Waals surface area contributed by atoms with E-state index in [4.69, 9.17) is 0 Å². The lowest BCUT2D eigenvalue weighted by Gasteiger charge is -2.13. The first-order valence-electron chi connectivity index (χ1n) is 10.7. The molecule has 0 radical (unpaired) electrons. The van der Waals surface area contributed by atoms with E-state index < -0.39 is 5.97 Å². The van der Waals surface area contributed by atoms with Gasteiger partial charge in [-0.25, -0.2) is 4.98 Å². The van der Waals surface area contributed by atoms with Gasteiger partial charge in [-0.3, -0.25) is 9.59 Å². The number of hydrogen-bond donors (Lipinski definition) is 4. The highest BCUT2D eigenvalue weighted by molar-refractivity contribution is 5.85. The number of aromatic nitrogens is 2. The van der Waals surface area contributed by atoms with Crippen molar-refractivity contribution in [3.05, 3.63) is 77.4 Å². The van der Waals surface area contributed by atoms with E-state index in [9.17, 15) is 14.7 Å². The van der Waals surface area contributed by atoms with Crippen LogP contribution >= 0.6 is 12.4 Å². The zero-order valence-electron chi connectivity index (χ0n) is 18.1. The van der Waals surface area contributed by atoms with E-state index in [0.717, 1.165) is 27.7 Å². The molecule has 0 fully saturated rings. The summed E-state index contributed by atoms with van der Waals surface area (Å²) in [5.74, 6) is -0.409. The van der Waals surface area contributed by atoms with E-state index >= 15 is 0 Å². The summed E-state index contributed by atoms with van der Waals surface area (Å²) < 4.78 is 0. The molecule has 1 aromatic heterocycles. The molecule has 8 heteroatoms. The molecule has 0 saturated heterocycles. The first-order chi connectivity index (χ1) is 15.6. The second-order valence-corrected chi connectivity index (χ2v) is 7.82. The number of H-pyrrole nitrogens is 1. The van der Waals surface area contributed by atoms with Crippen LogP contribution < -0.4 is 10.6 Å². The Labute approximate surface area is 198 Å². The molecular formula is C25H27ClN4O3. The van der Waals surface area contributed by atoms with Gasteiger partial charge in [0.25, 0.3) is 0 Å². The van der Waals surface area contributed by atoms with Crippen molar-refractivity contribution in [3.63, 3.8) is 0 Å². The van der Waals surface area contributed by atoms with Crippen LogP contribution in [0.1, 0.15) is 36.3 Å². The largest absolute Gasteiger partial charge is 0.481 e. The van der Waals surface area contributed by atoms with Crippen LogP contribution in [0.2, 0.25) is 0 Å². The highest BCUT2D eigenvalue weighted by Crippen LogP contribution is 2.30. The van der Waals surface area contributed by atoms with Crippen LogP contribution in [-0.2, 0) is 9.59 Å². The summed E-state index contributed by atoms with van der Waals surface area (Å²) in [5.41, 5.74) is 4.78. The molecule has 172 valence electrons. The van der Waals surface area contributed by atoms with Gasteiger partial charge in [0.05, 0.1) is 17.5 Å². The Morgan fingerprint density at radius 3 is 2.67 bits per heavy atom. The summed E-state index contributed by atoms with van der Waals surface area (Å²) in [5, 5.41) is 15.5. The molecule has 0 bridgehead atoms. The van der Waals surface area contributed by atoms with Crippen molar-refractivity contribution < 1.29 is 14.7 Å². The van der Waals surface area contributed by atoms with Crippen molar-refractivity contribution in [1.29, 1.82) is 0 Å². The fourth-order valence-corrected chi connectivity index (χ4v) is 3.86. The van der Waals surface area contributed by atoms with E-state index in [1.165, 1.54) is 0 Å². The topological polar surface area (TPSA) is 107 Å². The number of imidazole rings is 1. The average Bonchev–Trinajstić information content (AvgIpc) is 3.12. The first-order valence-corrected chi connectivity index (χ1v) is 10.7. The minimum absolute atomic E-state index is 0. The van der Waals surface area contributed by atoms with Crippen LogP contribution in [0, 0.1) is 0 Å². The molecule has 1 amide bonds. The number of amides is 1. The van der Waals surface area contributed by atoms with Crippen molar-refractivity contribution in [3.8, 4) is 0 Å². The summed E-state index contributed by atoms with van der Waals surface area (Å²) in [6.45, 7) is 1.00. The van der Waals surface area contributed by atoms with Crippen LogP contribution in [0.5, 0.6) is 0 Å². The number of carboxylic acids is 1. The van der Waals surface area contributed by atoms with Gasteiger partial charge in [0.2, 0.25) is 11.9 Å². The maximum absolute atomic E-state index is 12.3. The fraction of sp³-hybridized carbons (Fsp3) is 0.240. The molecule has 1 heterocycles. The SMILES string of the molecule is Cl.O=C(O)CC1C=C(CNC(=O)CCCNc2nc3ccccc3[nH]2)C=Cc2ccccc21. The number of benzene rings is 2. The molecule has 1 aliphatic rings. The second-order valence-electron chi connectivity index (χ2n) is 7.82. The first kappa shape index (κ1) is 24.1. The number of aromatic amines is 1. The van der Waals surface area contributed by atoms with Gasteiger partial charge < -0.3 is 20.7 Å². The van der Waals surface area contributed by atoms with E-state index in [2.05, 4.69) is 20.6 Å². The molecule has 1 unspecified atom stereocenters. The number of hydrogen-bond acceptors (Lipinski definition) is 4. The van der Waals surface area contributed by atoms with E-state index in [-0.39, 0.29) is 30.7 Å². The number of carbonyl (C=O) groups is 2. The van der Waals surface area contributed by atoms with Crippen LogP contribution in [-0.4, -0.2) is 40.0 Å². The number of aliphatic carboxylic acids is 1. The number of carboxylic acid groups (broad SMARTS) is 1. The number of anilines is 1. The lowest BCUT2D eigenvalue weighted by atomic mass is 9.91. The van der Waals surface area contributed by atoms with Gasteiger partial charge >= 0.3 is 5.97 Å². The monoisotopic (exact) mass is 466 g/mol. The smallest absolute Gasteiger partial charge is 0.304 e. The predicted octanol–water partition coefficient (Wildman–Crippen LogP) is 4.50. The number of nitrogens with zero attached hydrogens (tertiary/aromatic N) is 1. The third kappa shape index (κ3) is 6.46. The molecule has 0 saturated carbocycles. The molecular weight excluding hydrogens is 440 g/mol. The van der Waals surface area contributed by atoms with E-state index in [0.29, 0.717) is 31.9 Å².